The molecule has 1 aromatic carbocycles. The Kier molecular flexibility index (Phi) is 5.38. The molecule has 0 saturated carbocycles. The summed E-state index contributed by atoms with van der Waals surface area (Å²) in [5.74, 6) is 0.524. The first-order valence-electron chi connectivity index (χ1n) is 7.39. The van der Waals surface area contributed by atoms with Gasteiger partial charge in [-0.2, -0.15) is 0 Å². The van der Waals surface area contributed by atoms with Crippen molar-refractivity contribution < 1.29 is 14.2 Å². The van der Waals surface area contributed by atoms with Crippen LogP contribution in [0.25, 0.3) is 0 Å². The van der Waals surface area contributed by atoms with Crippen molar-refractivity contribution in [3.8, 4) is 5.75 Å². The Morgan fingerprint density at radius 2 is 2.30 bits per heavy atom. The fourth-order valence-electron chi connectivity index (χ4n) is 2.94. The molecule has 1 saturated heterocycles. The van der Waals surface area contributed by atoms with Crippen molar-refractivity contribution >= 4 is 0 Å². The van der Waals surface area contributed by atoms with Crippen molar-refractivity contribution in [3.05, 3.63) is 29.6 Å². The molecule has 3 unspecified atom stereocenters. The molecule has 0 amide bonds. The Morgan fingerprint density at radius 3 is 2.95 bits per heavy atom. The second kappa shape index (κ2) is 7.04. The Labute approximate surface area is 120 Å². The molecule has 1 aliphatic heterocycles. The van der Waals surface area contributed by atoms with Crippen molar-refractivity contribution in [2.45, 2.75) is 44.8 Å². The molecule has 0 aliphatic carbocycles. The summed E-state index contributed by atoms with van der Waals surface area (Å²) >= 11 is 0. The van der Waals surface area contributed by atoms with Crippen LogP contribution in [0.5, 0.6) is 5.75 Å². The molecule has 1 fully saturated rings. The summed E-state index contributed by atoms with van der Waals surface area (Å²) in [5, 5.41) is 13.7. The third kappa shape index (κ3) is 3.70. The standard InChI is InChI=1S/C16H24FNO2/c1-3-11-6-7-18-13(8-11)10-15(19)12-4-5-16(20-2)14(17)9-12/h4-5,9,11,13,15,18-19H,3,6-8,10H2,1-2H3. The first kappa shape index (κ1) is 15.3. The van der Waals surface area contributed by atoms with Crippen LogP contribution < -0.4 is 10.1 Å². The molecular weight excluding hydrogens is 257 g/mol. The van der Waals surface area contributed by atoms with E-state index in [1.165, 1.54) is 26.0 Å². The van der Waals surface area contributed by atoms with Gasteiger partial charge in [0.15, 0.2) is 11.6 Å². The fraction of sp³-hybridized carbons (Fsp3) is 0.625. The van der Waals surface area contributed by atoms with Crippen molar-refractivity contribution in [2.75, 3.05) is 13.7 Å². The molecule has 1 aromatic rings. The van der Waals surface area contributed by atoms with Crippen LogP contribution in [0.15, 0.2) is 18.2 Å². The zero-order valence-corrected chi connectivity index (χ0v) is 12.2. The number of methoxy groups -OCH3 is 1. The van der Waals surface area contributed by atoms with E-state index in [1.54, 1.807) is 12.1 Å². The maximum Gasteiger partial charge on any atom is 0.165 e. The van der Waals surface area contributed by atoms with E-state index in [0.717, 1.165) is 18.9 Å². The molecule has 3 nitrogen and oxygen atoms in total. The first-order chi connectivity index (χ1) is 9.63. The second-order valence-corrected chi connectivity index (χ2v) is 5.60. The van der Waals surface area contributed by atoms with Gasteiger partial charge in [0.1, 0.15) is 0 Å². The number of halogens is 1. The van der Waals surface area contributed by atoms with Crippen LogP contribution in [0.3, 0.4) is 0 Å². The number of hydrogen-bond donors (Lipinski definition) is 2. The zero-order valence-electron chi connectivity index (χ0n) is 12.2. The number of aliphatic hydroxyl groups is 1. The highest BCUT2D eigenvalue weighted by Gasteiger charge is 2.23. The topological polar surface area (TPSA) is 41.5 Å². The van der Waals surface area contributed by atoms with Crippen LogP contribution in [-0.4, -0.2) is 24.8 Å². The van der Waals surface area contributed by atoms with Gasteiger partial charge in [-0.05, 0) is 49.4 Å². The summed E-state index contributed by atoms with van der Waals surface area (Å²) in [7, 11) is 1.44. The predicted octanol–water partition coefficient (Wildman–Crippen LogP) is 3.04. The number of piperidine rings is 1. The van der Waals surface area contributed by atoms with Gasteiger partial charge in [0, 0.05) is 6.04 Å². The highest BCUT2D eigenvalue weighted by Crippen LogP contribution is 2.28. The lowest BCUT2D eigenvalue weighted by molar-refractivity contribution is 0.135. The maximum atomic E-state index is 13.7. The van der Waals surface area contributed by atoms with Gasteiger partial charge in [0.25, 0.3) is 0 Å². The van der Waals surface area contributed by atoms with Crippen LogP contribution in [0.4, 0.5) is 4.39 Å². The number of ether oxygens (including phenoxy) is 1. The van der Waals surface area contributed by atoms with Crippen LogP contribution in [0.2, 0.25) is 0 Å². The Bertz CT molecular complexity index is 438. The van der Waals surface area contributed by atoms with Crippen LogP contribution in [-0.2, 0) is 0 Å². The van der Waals surface area contributed by atoms with Crippen LogP contribution >= 0.6 is 0 Å². The van der Waals surface area contributed by atoms with E-state index >= 15 is 0 Å². The molecule has 2 rings (SSSR count). The van der Waals surface area contributed by atoms with Gasteiger partial charge >= 0.3 is 0 Å². The Morgan fingerprint density at radius 1 is 1.50 bits per heavy atom. The van der Waals surface area contributed by atoms with E-state index < -0.39 is 11.9 Å². The zero-order chi connectivity index (χ0) is 14.5. The summed E-state index contributed by atoms with van der Waals surface area (Å²) in [6.45, 7) is 3.22. The monoisotopic (exact) mass is 281 g/mol. The van der Waals surface area contributed by atoms with Crippen molar-refractivity contribution in [2.24, 2.45) is 5.92 Å². The van der Waals surface area contributed by atoms with E-state index in [2.05, 4.69) is 12.2 Å². The summed E-state index contributed by atoms with van der Waals surface area (Å²) in [6, 6.07) is 4.97. The number of aliphatic hydroxyl groups excluding tert-OH is 1. The molecule has 1 heterocycles. The summed E-state index contributed by atoms with van der Waals surface area (Å²) < 4.78 is 18.5. The largest absolute Gasteiger partial charge is 0.494 e. The molecule has 0 spiro atoms. The third-order valence-electron chi connectivity index (χ3n) is 4.25. The lowest BCUT2D eigenvalue weighted by Crippen LogP contribution is -2.38. The van der Waals surface area contributed by atoms with E-state index in [4.69, 9.17) is 4.74 Å². The second-order valence-electron chi connectivity index (χ2n) is 5.60. The molecule has 112 valence electrons. The quantitative estimate of drug-likeness (QED) is 0.871. The lowest BCUT2D eigenvalue weighted by atomic mass is 9.87. The summed E-state index contributed by atoms with van der Waals surface area (Å²) in [6.07, 6.45) is 3.48. The van der Waals surface area contributed by atoms with Gasteiger partial charge < -0.3 is 15.2 Å². The van der Waals surface area contributed by atoms with E-state index in [-0.39, 0.29) is 5.75 Å². The summed E-state index contributed by atoms with van der Waals surface area (Å²) in [5.41, 5.74) is 0.615. The summed E-state index contributed by atoms with van der Waals surface area (Å²) in [4.78, 5) is 0. The third-order valence-corrected chi connectivity index (χ3v) is 4.25. The fourth-order valence-corrected chi connectivity index (χ4v) is 2.94. The predicted molar refractivity (Wildman–Crippen MR) is 77.3 cm³/mol. The molecule has 0 bridgehead atoms. The number of rotatable bonds is 5. The van der Waals surface area contributed by atoms with E-state index in [9.17, 15) is 9.50 Å². The molecule has 2 N–H and O–H groups in total. The van der Waals surface area contributed by atoms with Gasteiger partial charge in [0.05, 0.1) is 13.2 Å². The highest BCUT2D eigenvalue weighted by molar-refractivity contribution is 5.30. The molecule has 1 aliphatic rings. The van der Waals surface area contributed by atoms with Gasteiger partial charge in [-0.15, -0.1) is 0 Å². The van der Waals surface area contributed by atoms with E-state index in [1.807, 2.05) is 0 Å². The van der Waals surface area contributed by atoms with Gasteiger partial charge in [-0.1, -0.05) is 19.4 Å². The average molecular weight is 281 g/mol. The molecule has 20 heavy (non-hydrogen) atoms. The van der Waals surface area contributed by atoms with Crippen LogP contribution in [0, 0.1) is 11.7 Å². The minimum Gasteiger partial charge on any atom is -0.494 e. The molecule has 3 atom stereocenters. The minimum absolute atomic E-state index is 0.211. The van der Waals surface area contributed by atoms with Crippen molar-refractivity contribution in [1.82, 2.24) is 5.32 Å². The maximum absolute atomic E-state index is 13.7. The number of hydrogen-bond acceptors (Lipinski definition) is 3. The van der Waals surface area contributed by atoms with Crippen molar-refractivity contribution in [3.63, 3.8) is 0 Å². The van der Waals surface area contributed by atoms with Gasteiger partial charge in [-0.25, -0.2) is 4.39 Å². The lowest BCUT2D eigenvalue weighted by Gasteiger charge is -2.31. The average Bonchev–Trinajstić information content (AvgIpc) is 2.47. The van der Waals surface area contributed by atoms with Crippen molar-refractivity contribution in [1.29, 1.82) is 0 Å². The molecule has 0 radical (unpaired) electrons. The first-order valence-corrected chi connectivity index (χ1v) is 7.39. The number of nitrogens with one attached hydrogen (secondary N) is 1. The molecule has 4 heteroatoms. The Hall–Kier alpha value is -1.13. The SMILES string of the molecule is CCC1CCNC(CC(O)c2ccc(OC)c(F)c2)C1. The highest BCUT2D eigenvalue weighted by atomic mass is 19.1. The molecular formula is C16H24FNO2. The van der Waals surface area contributed by atoms with Crippen LogP contribution in [0.1, 0.15) is 44.3 Å². The van der Waals surface area contributed by atoms with E-state index in [0.29, 0.717) is 18.0 Å². The smallest absolute Gasteiger partial charge is 0.165 e. The van der Waals surface area contributed by atoms with Gasteiger partial charge in [-0.3, -0.25) is 0 Å². The minimum atomic E-state index is -0.636. The normalized spacial score (nSPS) is 24.4. The van der Waals surface area contributed by atoms with Gasteiger partial charge in [0.2, 0.25) is 0 Å². The number of benzene rings is 1. The molecule has 0 aromatic heterocycles. The Balaban J connectivity index is 1.97.